The second kappa shape index (κ2) is 4.88. The first-order valence-corrected chi connectivity index (χ1v) is 5.83. The molecule has 1 N–H and O–H groups in total. The van der Waals surface area contributed by atoms with Gasteiger partial charge in [0.15, 0.2) is 0 Å². The van der Waals surface area contributed by atoms with Gasteiger partial charge in [-0.25, -0.2) is 0 Å². The Morgan fingerprint density at radius 1 is 1.19 bits per heavy atom. The number of benzene rings is 1. The first-order valence-electron chi connectivity index (χ1n) is 5.83. The Bertz CT molecular complexity index is 327. The lowest BCUT2D eigenvalue weighted by atomic mass is 10.0. The summed E-state index contributed by atoms with van der Waals surface area (Å²) in [6.45, 7) is 8.59. The van der Waals surface area contributed by atoms with E-state index in [2.05, 4.69) is 43.0 Å². The molecule has 0 amide bonds. The molecule has 0 aliphatic heterocycles. The van der Waals surface area contributed by atoms with Gasteiger partial charge in [0.05, 0.1) is 12.1 Å². The van der Waals surface area contributed by atoms with Crippen molar-refractivity contribution in [1.82, 2.24) is 0 Å². The van der Waals surface area contributed by atoms with Crippen LogP contribution in [0.2, 0.25) is 0 Å². The Labute approximate surface area is 98.9 Å². The van der Waals surface area contributed by atoms with Gasteiger partial charge in [-0.15, -0.1) is 0 Å². The smallest absolute Gasteiger partial charge is 0.0658 e. The van der Waals surface area contributed by atoms with Crippen molar-refractivity contribution in [2.24, 2.45) is 0 Å². The second-order valence-electron chi connectivity index (χ2n) is 5.28. The van der Waals surface area contributed by atoms with Crippen LogP contribution in [0.1, 0.15) is 39.2 Å². The van der Waals surface area contributed by atoms with E-state index >= 15 is 0 Å². The molecule has 0 fully saturated rings. The molecule has 0 unspecified atom stereocenters. The third-order valence-electron chi connectivity index (χ3n) is 3.24. The molecule has 0 saturated heterocycles. The molecule has 2 heteroatoms. The Kier molecular flexibility index (Phi) is 3.98. The van der Waals surface area contributed by atoms with Gasteiger partial charge in [-0.3, -0.25) is 0 Å². The van der Waals surface area contributed by atoms with Gasteiger partial charge >= 0.3 is 0 Å². The predicted octanol–water partition coefficient (Wildman–Crippen LogP) is 3.02. The third-order valence-corrected chi connectivity index (χ3v) is 3.24. The van der Waals surface area contributed by atoms with E-state index in [9.17, 15) is 5.11 Å². The normalized spacial score (nSPS) is 11.9. The van der Waals surface area contributed by atoms with Crippen LogP contribution in [0.15, 0.2) is 24.3 Å². The first-order chi connectivity index (χ1) is 7.38. The minimum absolute atomic E-state index is 0.148. The average molecular weight is 221 g/mol. The van der Waals surface area contributed by atoms with Gasteiger partial charge in [-0.1, -0.05) is 26.0 Å². The first kappa shape index (κ1) is 13.0. The lowest BCUT2D eigenvalue weighted by molar-refractivity contribution is 0.216. The molecule has 0 radical (unpaired) electrons. The minimum atomic E-state index is -0.223. The van der Waals surface area contributed by atoms with Crippen molar-refractivity contribution in [3.05, 3.63) is 29.8 Å². The summed E-state index contributed by atoms with van der Waals surface area (Å²) >= 11 is 0. The molecule has 0 spiro atoms. The summed E-state index contributed by atoms with van der Waals surface area (Å²) in [7, 11) is 2.01. The van der Waals surface area contributed by atoms with E-state index in [1.165, 1.54) is 5.56 Å². The molecule has 16 heavy (non-hydrogen) atoms. The molecule has 0 saturated carbocycles. The van der Waals surface area contributed by atoms with Gasteiger partial charge in [0.25, 0.3) is 0 Å². The fourth-order valence-electron chi connectivity index (χ4n) is 1.54. The van der Waals surface area contributed by atoms with Gasteiger partial charge in [0, 0.05) is 12.7 Å². The largest absolute Gasteiger partial charge is 0.394 e. The number of anilines is 1. The monoisotopic (exact) mass is 221 g/mol. The molecule has 0 atom stereocenters. The standard InChI is InChI=1S/C14H23NO/c1-11(2)12-6-8-13(9-7-12)15(5)14(3,4)10-16/h6-9,11,16H,10H2,1-5H3. The van der Waals surface area contributed by atoms with Crippen LogP contribution in [-0.2, 0) is 0 Å². The molecule has 1 rings (SSSR count). The Morgan fingerprint density at radius 2 is 1.69 bits per heavy atom. The molecule has 1 aromatic rings. The molecule has 1 aromatic carbocycles. The van der Waals surface area contributed by atoms with Crippen LogP contribution in [0.4, 0.5) is 5.69 Å². The molecular formula is C14H23NO. The summed E-state index contributed by atoms with van der Waals surface area (Å²) in [5, 5.41) is 9.33. The molecule has 0 heterocycles. The summed E-state index contributed by atoms with van der Waals surface area (Å²) in [6, 6.07) is 8.55. The molecule has 0 aliphatic carbocycles. The number of hydrogen-bond acceptors (Lipinski definition) is 2. The molecule has 0 bridgehead atoms. The summed E-state index contributed by atoms with van der Waals surface area (Å²) in [6.07, 6.45) is 0. The van der Waals surface area contributed by atoms with Crippen molar-refractivity contribution in [2.45, 2.75) is 39.2 Å². The summed E-state index contributed by atoms with van der Waals surface area (Å²) < 4.78 is 0. The van der Waals surface area contributed by atoms with Crippen molar-refractivity contribution >= 4 is 5.69 Å². The zero-order valence-corrected chi connectivity index (χ0v) is 11.0. The highest BCUT2D eigenvalue weighted by molar-refractivity contribution is 5.49. The van der Waals surface area contributed by atoms with Crippen LogP contribution in [0, 0.1) is 0 Å². The lowest BCUT2D eigenvalue weighted by Crippen LogP contribution is -2.44. The van der Waals surface area contributed by atoms with Gasteiger partial charge in [0.1, 0.15) is 0 Å². The maximum atomic E-state index is 9.33. The van der Waals surface area contributed by atoms with E-state index in [4.69, 9.17) is 0 Å². The maximum absolute atomic E-state index is 9.33. The second-order valence-corrected chi connectivity index (χ2v) is 5.28. The van der Waals surface area contributed by atoms with Crippen LogP contribution in [0.3, 0.4) is 0 Å². The van der Waals surface area contributed by atoms with Crippen LogP contribution in [-0.4, -0.2) is 24.3 Å². The van der Waals surface area contributed by atoms with E-state index in [-0.39, 0.29) is 12.1 Å². The van der Waals surface area contributed by atoms with E-state index in [1.54, 1.807) is 0 Å². The molecule has 2 nitrogen and oxygen atoms in total. The molecule has 0 aliphatic rings. The van der Waals surface area contributed by atoms with Gasteiger partial charge in [-0.05, 0) is 37.5 Å². The molecular weight excluding hydrogens is 198 g/mol. The summed E-state index contributed by atoms with van der Waals surface area (Å²) in [5.41, 5.74) is 2.27. The average Bonchev–Trinajstić information content (AvgIpc) is 2.28. The van der Waals surface area contributed by atoms with Crippen molar-refractivity contribution < 1.29 is 5.11 Å². The van der Waals surface area contributed by atoms with Gasteiger partial charge in [-0.2, -0.15) is 0 Å². The fourth-order valence-corrected chi connectivity index (χ4v) is 1.54. The summed E-state index contributed by atoms with van der Waals surface area (Å²) in [5.74, 6) is 0.560. The van der Waals surface area contributed by atoms with E-state index in [1.807, 2.05) is 20.9 Å². The van der Waals surface area contributed by atoms with E-state index < -0.39 is 0 Å². The summed E-state index contributed by atoms with van der Waals surface area (Å²) in [4.78, 5) is 2.11. The fraction of sp³-hybridized carbons (Fsp3) is 0.571. The minimum Gasteiger partial charge on any atom is -0.394 e. The number of aliphatic hydroxyl groups is 1. The highest BCUT2D eigenvalue weighted by Gasteiger charge is 2.22. The topological polar surface area (TPSA) is 23.5 Å². The zero-order valence-electron chi connectivity index (χ0n) is 11.0. The number of nitrogens with zero attached hydrogens (tertiary/aromatic N) is 1. The highest BCUT2D eigenvalue weighted by atomic mass is 16.3. The maximum Gasteiger partial charge on any atom is 0.0658 e. The van der Waals surface area contributed by atoms with Gasteiger partial charge < -0.3 is 10.0 Å². The number of rotatable bonds is 4. The SMILES string of the molecule is CC(C)c1ccc(N(C)C(C)(C)CO)cc1. The Balaban J connectivity index is 2.90. The Hall–Kier alpha value is -1.02. The van der Waals surface area contributed by atoms with Crippen molar-refractivity contribution in [2.75, 3.05) is 18.6 Å². The predicted molar refractivity (Wildman–Crippen MR) is 70.1 cm³/mol. The van der Waals surface area contributed by atoms with Crippen molar-refractivity contribution in [1.29, 1.82) is 0 Å². The van der Waals surface area contributed by atoms with E-state index in [0.717, 1.165) is 5.69 Å². The van der Waals surface area contributed by atoms with Gasteiger partial charge in [0.2, 0.25) is 0 Å². The van der Waals surface area contributed by atoms with Crippen LogP contribution >= 0.6 is 0 Å². The van der Waals surface area contributed by atoms with Crippen LogP contribution in [0.5, 0.6) is 0 Å². The van der Waals surface area contributed by atoms with Crippen LogP contribution < -0.4 is 4.90 Å². The van der Waals surface area contributed by atoms with Crippen molar-refractivity contribution in [3.8, 4) is 0 Å². The Morgan fingerprint density at radius 3 is 2.06 bits per heavy atom. The van der Waals surface area contributed by atoms with E-state index in [0.29, 0.717) is 5.92 Å². The quantitative estimate of drug-likeness (QED) is 0.845. The lowest BCUT2D eigenvalue weighted by Gasteiger charge is -2.36. The third kappa shape index (κ3) is 2.76. The number of hydrogen-bond donors (Lipinski definition) is 1. The van der Waals surface area contributed by atoms with Crippen LogP contribution in [0.25, 0.3) is 0 Å². The zero-order chi connectivity index (χ0) is 12.3. The van der Waals surface area contributed by atoms with Crippen molar-refractivity contribution in [3.63, 3.8) is 0 Å². The molecule has 0 aromatic heterocycles. The number of likely N-dealkylation sites (N-methyl/N-ethyl adjacent to an activating group) is 1. The highest BCUT2D eigenvalue weighted by Crippen LogP contribution is 2.24. The number of aliphatic hydroxyl groups excluding tert-OH is 1. The molecule has 90 valence electrons.